The molecule has 5 nitrogen and oxygen atoms in total. The highest BCUT2D eigenvalue weighted by Gasteiger charge is 2.37. The minimum Gasteiger partial charge on any atom is -0.496 e. The van der Waals surface area contributed by atoms with Crippen LogP contribution in [-0.4, -0.2) is 32.4 Å². The Balaban J connectivity index is 1.39. The predicted octanol–water partition coefficient (Wildman–Crippen LogP) is 8.40. The lowest BCUT2D eigenvalue weighted by atomic mass is 9.62. The van der Waals surface area contributed by atoms with E-state index in [-0.39, 0.29) is 10.8 Å². The molecule has 0 spiro atoms. The van der Waals surface area contributed by atoms with Crippen LogP contribution in [0, 0.1) is 13.8 Å². The normalized spacial score (nSPS) is 18.1. The van der Waals surface area contributed by atoms with Crippen LogP contribution < -0.4 is 9.47 Å². The molecule has 0 N–H and O–H groups in total. The van der Waals surface area contributed by atoms with Gasteiger partial charge in [0.25, 0.3) is 0 Å². The van der Waals surface area contributed by atoms with E-state index in [0.29, 0.717) is 18.2 Å². The van der Waals surface area contributed by atoms with Gasteiger partial charge in [0, 0.05) is 37.5 Å². The summed E-state index contributed by atoms with van der Waals surface area (Å²) in [5.74, 6) is 3.49. The average Bonchev–Trinajstić information content (AvgIpc) is 3.42. The van der Waals surface area contributed by atoms with E-state index in [9.17, 15) is 0 Å². The van der Waals surface area contributed by atoms with Gasteiger partial charge in [-0.1, -0.05) is 46.4 Å². The van der Waals surface area contributed by atoms with Gasteiger partial charge >= 0.3 is 0 Å². The SMILES string of the molecule is C=C(Cc1c(OC)nc(C2CCOCC2)c(C)c1OC)c1ccc(Cc2cc3c(cc2C)C(C)(C)CCC3(C)C)o1. The molecule has 1 saturated heterocycles. The molecule has 0 atom stereocenters. The summed E-state index contributed by atoms with van der Waals surface area (Å²) in [7, 11) is 3.39. The molecule has 3 heterocycles. The molecule has 0 unspecified atom stereocenters. The van der Waals surface area contributed by atoms with Gasteiger partial charge in [0.2, 0.25) is 5.88 Å². The number of allylic oxidation sites excluding steroid dienone is 1. The topological polar surface area (TPSA) is 53.7 Å². The lowest BCUT2D eigenvalue weighted by molar-refractivity contribution is 0.0841. The van der Waals surface area contributed by atoms with E-state index in [2.05, 4.69) is 66.3 Å². The third-order valence-electron chi connectivity index (χ3n) is 9.56. The van der Waals surface area contributed by atoms with Crippen LogP contribution in [0.3, 0.4) is 0 Å². The Hall–Kier alpha value is -3.05. The van der Waals surface area contributed by atoms with Crippen LogP contribution in [0.25, 0.3) is 5.57 Å². The monoisotopic (exact) mass is 557 g/mol. The smallest absolute Gasteiger partial charge is 0.220 e. The van der Waals surface area contributed by atoms with E-state index in [0.717, 1.165) is 72.1 Å². The van der Waals surface area contributed by atoms with Crippen molar-refractivity contribution in [3.63, 3.8) is 0 Å². The van der Waals surface area contributed by atoms with Crippen LogP contribution in [-0.2, 0) is 28.4 Å². The van der Waals surface area contributed by atoms with E-state index in [1.54, 1.807) is 14.2 Å². The highest BCUT2D eigenvalue weighted by atomic mass is 16.5. The van der Waals surface area contributed by atoms with Gasteiger partial charge in [0.05, 0.1) is 25.5 Å². The number of aromatic nitrogens is 1. The molecule has 0 saturated carbocycles. The van der Waals surface area contributed by atoms with Crippen molar-refractivity contribution in [2.24, 2.45) is 0 Å². The maximum Gasteiger partial charge on any atom is 0.220 e. The van der Waals surface area contributed by atoms with Gasteiger partial charge < -0.3 is 18.6 Å². The molecule has 1 aliphatic carbocycles. The Morgan fingerprint density at radius 3 is 2.27 bits per heavy atom. The molecule has 41 heavy (non-hydrogen) atoms. The molecular formula is C36H47NO4. The first kappa shape index (κ1) is 29.4. The minimum absolute atomic E-state index is 0.181. The number of hydrogen-bond donors (Lipinski definition) is 0. The average molecular weight is 558 g/mol. The number of nitrogens with zero attached hydrogens (tertiary/aromatic N) is 1. The van der Waals surface area contributed by atoms with Crippen molar-refractivity contribution < 1.29 is 18.6 Å². The van der Waals surface area contributed by atoms with Crippen LogP contribution >= 0.6 is 0 Å². The summed E-state index contributed by atoms with van der Waals surface area (Å²) >= 11 is 0. The molecule has 0 amide bonds. The molecule has 1 fully saturated rings. The summed E-state index contributed by atoms with van der Waals surface area (Å²) in [5, 5.41) is 0. The number of hydrogen-bond acceptors (Lipinski definition) is 5. The van der Waals surface area contributed by atoms with Gasteiger partial charge in [-0.05, 0) is 90.3 Å². The number of rotatable bonds is 8. The second-order valence-electron chi connectivity index (χ2n) is 13.3. The molecule has 2 aliphatic rings. The molecule has 1 aliphatic heterocycles. The van der Waals surface area contributed by atoms with Gasteiger partial charge in [-0.2, -0.15) is 0 Å². The van der Waals surface area contributed by atoms with E-state index in [1.165, 1.54) is 35.1 Å². The Labute approximate surface area is 246 Å². The lowest BCUT2D eigenvalue weighted by Crippen LogP contribution is -2.34. The fourth-order valence-corrected chi connectivity index (χ4v) is 6.78. The minimum atomic E-state index is 0.181. The summed E-state index contributed by atoms with van der Waals surface area (Å²) in [6.07, 6.45) is 5.63. The lowest BCUT2D eigenvalue weighted by Gasteiger charge is -2.42. The van der Waals surface area contributed by atoms with Crippen LogP contribution in [0.2, 0.25) is 0 Å². The zero-order valence-corrected chi connectivity index (χ0v) is 26.3. The van der Waals surface area contributed by atoms with Crippen LogP contribution in [0.15, 0.2) is 35.3 Å². The first-order valence-electron chi connectivity index (χ1n) is 15.1. The van der Waals surface area contributed by atoms with Crippen LogP contribution in [0.1, 0.15) is 110 Å². The zero-order valence-electron chi connectivity index (χ0n) is 26.3. The molecule has 5 rings (SSSR count). The molecule has 220 valence electrons. The summed E-state index contributed by atoms with van der Waals surface area (Å²) in [5.41, 5.74) is 9.91. The first-order chi connectivity index (χ1) is 19.4. The van der Waals surface area contributed by atoms with E-state index in [4.69, 9.17) is 23.6 Å². The molecule has 2 aromatic heterocycles. The number of pyridine rings is 1. The summed E-state index contributed by atoms with van der Waals surface area (Å²) in [6.45, 7) is 19.8. The second-order valence-corrected chi connectivity index (χ2v) is 13.3. The van der Waals surface area contributed by atoms with Crippen molar-refractivity contribution in [1.82, 2.24) is 4.98 Å². The number of fused-ring (bicyclic) bond motifs is 1. The van der Waals surface area contributed by atoms with Gasteiger partial charge in [-0.15, -0.1) is 0 Å². The highest BCUT2D eigenvalue weighted by Crippen LogP contribution is 2.47. The summed E-state index contributed by atoms with van der Waals surface area (Å²) in [6, 6.07) is 8.98. The van der Waals surface area contributed by atoms with Gasteiger partial charge in [-0.3, -0.25) is 0 Å². The maximum absolute atomic E-state index is 6.39. The fraction of sp³-hybridized carbons (Fsp3) is 0.528. The molecule has 0 radical (unpaired) electrons. The van der Waals surface area contributed by atoms with Crippen LogP contribution in [0.5, 0.6) is 11.6 Å². The third-order valence-corrected chi connectivity index (χ3v) is 9.56. The number of methoxy groups -OCH3 is 2. The Kier molecular flexibility index (Phi) is 8.13. The second kappa shape index (κ2) is 11.3. The van der Waals surface area contributed by atoms with Crippen molar-refractivity contribution in [2.75, 3.05) is 27.4 Å². The first-order valence-corrected chi connectivity index (χ1v) is 15.1. The predicted molar refractivity (Wildman–Crippen MR) is 166 cm³/mol. The Morgan fingerprint density at radius 2 is 1.63 bits per heavy atom. The molecular weight excluding hydrogens is 510 g/mol. The quantitative estimate of drug-likeness (QED) is 0.278. The van der Waals surface area contributed by atoms with Gasteiger partial charge in [0.15, 0.2) is 0 Å². The number of benzene rings is 1. The maximum atomic E-state index is 6.39. The molecule has 0 bridgehead atoms. The number of furan rings is 1. The number of ether oxygens (including phenoxy) is 3. The van der Waals surface area contributed by atoms with Crippen molar-refractivity contribution in [3.05, 3.63) is 81.4 Å². The summed E-state index contributed by atoms with van der Waals surface area (Å²) < 4.78 is 23.7. The molecule has 1 aromatic carbocycles. The Morgan fingerprint density at radius 1 is 0.976 bits per heavy atom. The largest absolute Gasteiger partial charge is 0.496 e. The van der Waals surface area contributed by atoms with Crippen molar-refractivity contribution in [3.8, 4) is 11.6 Å². The van der Waals surface area contributed by atoms with Gasteiger partial charge in [-0.25, -0.2) is 4.98 Å². The van der Waals surface area contributed by atoms with E-state index >= 15 is 0 Å². The van der Waals surface area contributed by atoms with Crippen molar-refractivity contribution >= 4 is 5.57 Å². The summed E-state index contributed by atoms with van der Waals surface area (Å²) in [4.78, 5) is 4.97. The van der Waals surface area contributed by atoms with E-state index < -0.39 is 0 Å². The highest BCUT2D eigenvalue weighted by molar-refractivity contribution is 5.65. The van der Waals surface area contributed by atoms with E-state index in [1.807, 2.05) is 6.07 Å². The standard InChI is InChI=1S/C36H47NO4/c1-22-19-29-30(36(6,7)15-14-35(29,4)5)21-26(22)20-27-10-11-31(41-27)23(2)18-28-33(38-8)24(3)32(37-34(28)39-9)25-12-16-40-17-13-25/h10-11,19,21,25H,2,12-18,20H2,1,3-9H3. The fourth-order valence-electron chi connectivity index (χ4n) is 6.78. The molecule has 5 heteroatoms. The van der Waals surface area contributed by atoms with Crippen LogP contribution in [0.4, 0.5) is 0 Å². The third kappa shape index (κ3) is 5.70. The molecule has 3 aromatic rings. The van der Waals surface area contributed by atoms with Gasteiger partial charge in [0.1, 0.15) is 17.3 Å². The van der Waals surface area contributed by atoms with Crippen molar-refractivity contribution in [2.45, 2.75) is 96.8 Å². The Bertz CT molecular complexity index is 1440. The number of aryl methyl sites for hydroxylation is 1. The zero-order chi connectivity index (χ0) is 29.5. The van der Waals surface area contributed by atoms with Crippen molar-refractivity contribution in [1.29, 1.82) is 0 Å².